The zero-order chi connectivity index (χ0) is 26.6. The van der Waals surface area contributed by atoms with Gasteiger partial charge in [-0.2, -0.15) is 0 Å². The number of aliphatic hydroxyl groups excluding tert-OH is 2. The van der Waals surface area contributed by atoms with Crippen molar-refractivity contribution >= 4 is 29.1 Å². The van der Waals surface area contributed by atoms with Crippen molar-refractivity contribution in [1.29, 1.82) is 0 Å². The summed E-state index contributed by atoms with van der Waals surface area (Å²) in [5, 5.41) is 47.1. The molecule has 0 spiro atoms. The molecule has 1 saturated heterocycles. The number of phenolic OH excluding ortho intramolecular Hbond substituents is 1. The number of hydrogen-bond acceptors (Lipinski definition) is 9. The van der Waals surface area contributed by atoms with E-state index in [0.717, 1.165) is 26.2 Å². The number of ketones is 2. The van der Waals surface area contributed by atoms with E-state index in [0.29, 0.717) is 22.7 Å². The second-order valence-corrected chi connectivity index (χ2v) is 10.7. The van der Waals surface area contributed by atoms with Crippen molar-refractivity contribution in [2.45, 2.75) is 44.2 Å². The first-order valence-electron chi connectivity index (χ1n) is 12.5. The molecule has 1 amide bonds. The molecule has 5 rings (SSSR count). The number of primary amides is 1. The molecule has 3 aliphatic carbocycles. The van der Waals surface area contributed by atoms with Crippen LogP contribution in [-0.4, -0.2) is 74.6 Å². The molecule has 37 heavy (non-hydrogen) atoms. The summed E-state index contributed by atoms with van der Waals surface area (Å²) < 4.78 is 0. The van der Waals surface area contributed by atoms with Crippen molar-refractivity contribution in [2.75, 3.05) is 26.2 Å². The van der Waals surface area contributed by atoms with Crippen LogP contribution in [0.3, 0.4) is 0 Å². The van der Waals surface area contributed by atoms with Gasteiger partial charge in [-0.15, -0.1) is 0 Å². The number of aliphatic hydroxyl groups is 3. The lowest BCUT2D eigenvalue weighted by Gasteiger charge is -2.45. The lowest BCUT2D eigenvalue weighted by Crippen LogP contribution is -2.57. The number of phenols is 1. The lowest BCUT2D eigenvalue weighted by molar-refractivity contribution is -0.144. The Morgan fingerprint density at radius 2 is 1.89 bits per heavy atom. The molecule has 0 bridgehead atoms. The van der Waals surface area contributed by atoms with Crippen LogP contribution < -0.4 is 11.1 Å². The average molecular weight is 532 g/mol. The number of rotatable bonds is 6. The predicted octanol–water partition coefficient (Wildman–Crippen LogP) is 1.42. The first-order chi connectivity index (χ1) is 17.6. The van der Waals surface area contributed by atoms with E-state index in [4.69, 9.17) is 17.3 Å². The minimum atomic E-state index is -2.58. The molecule has 3 atom stereocenters. The van der Waals surface area contributed by atoms with Crippen molar-refractivity contribution in [3.8, 4) is 5.75 Å². The summed E-state index contributed by atoms with van der Waals surface area (Å²) in [5.74, 6) is -6.54. The van der Waals surface area contributed by atoms with Crippen LogP contribution in [-0.2, 0) is 22.6 Å². The quantitative estimate of drug-likeness (QED) is 0.234. The Morgan fingerprint density at radius 1 is 1.19 bits per heavy atom. The van der Waals surface area contributed by atoms with E-state index < -0.39 is 52.0 Å². The van der Waals surface area contributed by atoms with Gasteiger partial charge in [0.2, 0.25) is 5.78 Å². The molecule has 0 radical (unpaired) electrons. The Labute approximate surface area is 218 Å². The van der Waals surface area contributed by atoms with E-state index in [9.17, 15) is 34.8 Å². The molecule has 1 aromatic rings. The molecule has 4 aliphatic rings. The van der Waals surface area contributed by atoms with E-state index in [-0.39, 0.29) is 36.1 Å². The number of nitrogens with one attached hydrogen (secondary N) is 1. The zero-order valence-corrected chi connectivity index (χ0v) is 21.0. The maximum atomic E-state index is 13.5. The van der Waals surface area contributed by atoms with E-state index in [1.54, 1.807) is 0 Å². The van der Waals surface area contributed by atoms with Gasteiger partial charge in [0.1, 0.15) is 22.8 Å². The summed E-state index contributed by atoms with van der Waals surface area (Å²) in [6.07, 6.45) is 2.40. The fourth-order valence-corrected chi connectivity index (χ4v) is 6.61. The summed E-state index contributed by atoms with van der Waals surface area (Å²) in [6, 6.07) is 1.41. The van der Waals surface area contributed by atoms with Crippen LogP contribution in [0.5, 0.6) is 5.75 Å². The largest absolute Gasteiger partial charge is 0.511 e. The molecule has 198 valence electrons. The number of carbonyl (C=O) groups is 3. The van der Waals surface area contributed by atoms with Gasteiger partial charge >= 0.3 is 0 Å². The Kier molecular flexibility index (Phi) is 6.56. The highest BCUT2D eigenvalue weighted by molar-refractivity contribution is 6.33. The zero-order valence-electron chi connectivity index (χ0n) is 20.2. The molecule has 1 fully saturated rings. The minimum absolute atomic E-state index is 0.0678. The highest BCUT2D eigenvalue weighted by atomic mass is 35.5. The number of Topliss-reactive ketones (excluding diaryl/α,β-unsaturated/α-hetero) is 2. The summed E-state index contributed by atoms with van der Waals surface area (Å²) >= 11 is 6.71. The van der Waals surface area contributed by atoms with Crippen molar-refractivity contribution < 1.29 is 34.8 Å². The van der Waals surface area contributed by atoms with Gasteiger partial charge in [-0.3, -0.25) is 14.4 Å². The number of nitrogens with two attached hydrogens (primary N) is 1. The lowest BCUT2D eigenvalue weighted by atomic mass is 9.60. The van der Waals surface area contributed by atoms with Gasteiger partial charge in [0.05, 0.1) is 5.56 Å². The maximum Gasteiger partial charge on any atom is 0.255 e. The highest BCUT2D eigenvalue weighted by Crippen LogP contribution is 2.52. The molecule has 7 N–H and O–H groups in total. The summed E-state index contributed by atoms with van der Waals surface area (Å²) in [6.45, 7) is 4.23. The van der Waals surface area contributed by atoms with Gasteiger partial charge in [0.25, 0.3) is 5.91 Å². The van der Waals surface area contributed by atoms with Gasteiger partial charge in [-0.25, -0.2) is 0 Å². The normalized spacial score (nSPS) is 27.8. The Hall–Kier alpha value is -2.92. The van der Waals surface area contributed by atoms with Crippen LogP contribution in [0.4, 0.5) is 0 Å². The number of nitrogens with zero attached hydrogens (tertiary/aromatic N) is 1. The number of hydrogen-bond donors (Lipinski definition) is 6. The number of halogens is 1. The van der Waals surface area contributed by atoms with Gasteiger partial charge in [0.15, 0.2) is 11.4 Å². The van der Waals surface area contributed by atoms with Gasteiger partial charge in [-0.1, -0.05) is 11.6 Å². The minimum Gasteiger partial charge on any atom is -0.511 e. The third-order valence-corrected chi connectivity index (χ3v) is 8.66. The SMILES string of the molecule is NC(=O)C1=C(O)C[C@@H]2CC3Cc4c(Cl)c(CNCCN5CCCC5)cc(O)c4C(=O)C3=C(O)[C@]2(O)C1=O. The van der Waals surface area contributed by atoms with Crippen LogP contribution >= 0.6 is 11.6 Å². The Morgan fingerprint density at radius 3 is 2.57 bits per heavy atom. The second kappa shape index (κ2) is 9.43. The topological polar surface area (TPSA) is 173 Å². The number of benzene rings is 1. The average Bonchev–Trinajstić information content (AvgIpc) is 3.35. The third kappa shape index (κ3) is 4.03. The molecule has 1 aliphatic heterocycles. The number of aromatic hydroxyl groups is 1. The van der Waals surface area contributed by atoms with Crippen molar-refractivity contribution in [3.05, 3.63) is 50.4 Å². The molecule has 1 unspecified atom stereocenters. The van der Waals surface area contributed by atoms with Crippen LogP contribution in [0.1, 0.15) is 47.2 Å². The van der Waals surface area contributed by atoms with Crippen molar-refractivity contribution in [2.24, 2.45) is 17.6 Å². The highest BCUT2D eigenvalue weighted by Gasteiger charge is 2.59. The molecule has 10 nitrogen and oxygen atoms in total. The van der Waals surface area contributed by atoms with Crippen LogP contribution in [0.15, 0.2) is 28.7 Å². The monoisotopic (exact) mass is 531 g/mol. The standard InChI is InChI=1S/C26H30ClN3O7/c27-21-13(11-29-3-6-30-4-1-2-5-30)9-16(31)19-15(21)8-12-7-14-10-17(32)20(25(28)36)24(35)26(14,37)23(34)18(12)22(19)33/h9,12,14,29,31-32,34,37H,1-8,10-11H2,(H2,28,36)/t12?,14-,26-/m0/s1. The molecular weight excluding hydrogens is 502 g/mol. The summed E-state index contributed by atoms with van der Waals surface area (Å²) in [7, 11) is 0. The van der Waals surface area contributed by atoms with Crippen molar-refractivity contribution in [3.63, 3.8) is 0 Å². The molecule has 1 heterocycles. The maximum absolute atomic E-state index is 13.5. The van der Waals surface area contributed by atoms with Gasteiger partial charge < -0.3 is 36.4 Å². The third-order valence-electron chi connectivity index (χ3n) is 8.19. The number of likely N-dealkylation sites (tertiary alicyclic amines) is 1. The first kappa shape index (κ1) is 25.7. The van der Waals surface area contributed by atoms with Gasteiger partial charge in [-0.05, 0) is 61.9 Å². The van der Waals surface area contributed by atoms with E-state index in [1.807, 2.05) is 0 Å². The number of amides is 1. The number of allylic oxidation sites excluding steroid dienone is 2. The van der Waals surface area contributed by atoms with Crippen LogP contribution in [0, 0.1) is 11.8 Å². The smallest absolute Gasteiger partial charge is 0.255 e. The van der Waals surface area contributed by atoms with E-state index in [2.05, 4.69) is 10.2 Å². The van der Waals surface area contributed by atoms with Crippen LogP contribution in [0.25, 0.3) is 0 Å². The van der Waals surface area contributed by atoms with Gasteiger partial charge in [0, 0.05) is 42.6 Å². The second-order valence-electron chi connectivity index (χ2n) is 10.4. The first-order valence-corrected chi connectivity index (χ1v) is 12.9. The summed E-state index contributed by atoms with van der Waals surface area (Å²) in [5.41, 5.74) is 2.64. The molecular formula is C26H30ClN3O7. The Balaban J connectivity index is 1.45. The fourth-order valence-electron chi connectivity index (χ4n) is 6.32. The Bertz CT molecular complexity index is 1270. The molecule has 0 saturated carbocycles. The molecule has 11 heteroatoms. The predicted molar refractivity (Wildman–Crippen MR) is 133 cm³/mol. The summed E-state index contributed by atoms with van der Waals surface area (Å²) in [4.78, 5) is 40.6. The van der Waals surface area contributed by atoms with E-state index in [1.165, 1.54) is 18.9 Å². The number of fused-ring (bicyclic) bond motifs is 3. The fraction of sp³-hybridized carbons (Fsp3) is 0.500. The molecule has 0 aromatic heterocycles. The van der Waals surface area contributed by atoms with Crippen LogP contribution in [0.2, 0.25) is 5.02 Å². The number of carbonyl (C=O) groups excluding carboxylic acids is 3. The van der Waals surface area contributed by atoms with Crippen molar-refractivity contribution in [1.82, 2.24) is 10.2 Å². The van der Waals surface area contributed by atoms with E-state index >= 15 is 0 Å². The molecule has 1 aromatic carbocycles.